The van der Waals surface area contributed by atoms with Gasteiger partial charge in [-0.05, 0) is 41.2 Å². The predicted molar refractivity (Wildman–Crippen MR) is 92.6 cm³/mol. The molecule has 0 aromatic rings. The molecular weight excluding hydrogens is 280 g/mol. The summed E-state index contributed by atoms with van der Waals surface area (Å²) in [6.07, 6.45) is 1.20. The van der Waals surface area contributed by atoms with E-state index in [0.29, 0.717) is 13.1 Å². The Hall–Kier alpha value is -1.14. The highest BCUT2D eigenvalue weighted by molar-refractivity contribution is 5.78. The number of carbonyl (C=O) groups is 2. The van der Waals surface area contributed by atoms with Gasteiger partial charge >= 0.3 is 0 Å². The summed E-state index contributed by atoms with van der Waals surface area (Å²) in [5.41, 5.74) is -0.563. The minimum atomic E-state index is -0.314. The molecule has 132 valence electrons. The second-order valence-corrected chi connectivity index (χ2v) is 6.33. The smallest absolute Gasteiger partial charge is 0.234 e. The molecule has 0 spiro atoms. The highest BCUT2D eigenvalue weighted by atomic mass is 16.2. The molecule has 0 fully saturated rings. The molecule has 0 heterocycles. The van der Waals surface area contributed by atoms with Crippen LogP contribution in [0.4, 0.5) is 0 Å². The second kappa shape index (κ2) is 11.4. The first-order chi connectivity index (χ1) is 10.1. The maximum absolute atomic E-state index is 11.6. The van der Waals surface area contributed by atoms with Gasteiger partial charge in [-0.25, -0.2) is 0 Å². The molecule has 0 saturated carbocycles. The van der Waals surface area contributed by atoms with E-state index >= 15 is 0 Å². The van der Waals surface area contributed by atoms with Gasteiger partial charge in [0.25, 0.3) is 0 Å². The number of amides is 2. The van der Waals surface area contributed by atoms with Crippen LogP contribution in [0.5, 0.6) is 0 Å². The maximum Gasteiger partial charge on any atom is 0.234 e. The normalized spacial score (nSPS) is 11.3. The first-order valence-corrected chi connectivity index (χ1v) is 8.09. The fourth-order valence-electron chi connectivity index (χ4n) is 2.25. The Kier molecular flexibility index (Phi) is 12.0. The van der Waals surface area contributed by atoms with Crippen LogP contribution in [0.1, 0.15) is 61.3 Å². The molecule has 0 aliphatic carbocycles. The molecule has 0 radical (unpaired) electrons. The number of nitrogens with one attached hydrogen (secondary N) is 4. The van der Waals surface area contributed by atoms with E-state index in [0.717, 1.165) is 6.42 Å². The van der Waals surface area contributed by atoms with Gasteiger partial charge in [0.05, 0.1) is 13.2 Å². The lowest BCUT2D eigenvalue weighted by Gasteiger charge is -2.36. The number of carbonyl (C=O) groups excluding carboxylic acids is 2. The van der Waals surface area contributed by atoms with Crippen LogP contribution < -0.4 is 21.3 Å². The Labute approximate surface area is 136 Å². The van der Waals surface area contributed by atoms with Gasteiger partial charge in [-0.15, -0.1) is 0 Å². The Bertz CT molecular complexity index is 328. The molecule has 2 amide bonds. The van der Waals surface area contributed by atoms with Crippen molar-refractivity contribution in [1.29, 1.82) is 0 Å². The molecule has 0 unspecified atom stereocenters. The average Bonchev–Trinajstić information content (AvgIpc) is 2.43. The second-order valence-electron chi connectivity index (χ2n) is 6.33. The van der Waals surface area contributed by atoms with E-state index in [1.807, 2.05) is 48.5 Å². The van der Waals surface area contributed by atoms with Crippen LogP contribution >= 0.6 is 0 Å². The Morgan fingerprint density at radius 3 is 1.95 bits per heavy atom. The van der Waals surface area contributed by atoms with Crippen molar-refractivity contribution < 1.29 is 9.59 Å². The van der Waals surface area contributed by atoms with Crippen molar-refractivity contribution >= 4 is 11.8 Å². The van der Waals surface area contributed by atoms with Crippen molar-refractivity contribution in [3.63, 3.8) is 0 Å². The van der Waals surface area contributed by atoms with Gasteiger partial charge in [-0.1, -0.05) is 20.8 Å². The summed E-state index contributed by atoms with van der Waals surface area (Å²) in [6.45, 7) is 14.6. The van der Waals surface area contributed by atoms with Crippen molar-refractivity contribution in [2.24, 2.45) is 0 Å². The van der Waals surface area contributed by atoms with E-state index in [4.69, 9.17) is 0 Å². The largest absolute Gasteiger partial charge is 0.351 e. The standard InChI is InChI=1S/C14H30N4O2.C2H6/c1-7-11(19)18-14(4,5)9-13(2,3)17-8-12(20)16-10-15-6;1-2/h15,17H,7-10H2,1-6H3,(H,16,20)(H,18,19);1-2H3. The van der Waals surface area contributed by atoms with Crippen LogP contribution in [0, 0.1) is 0 Å². The third-order valence-corrected chi connectivity index (χ3v) is 2.87. The summed E-state index contributed by atoms with van der Waals surface area (Å²) in [5, 5.41) is 11.8. The van der Waals surface area contributed by atoms with Crippen molar-refractivity contribution in [3.8, 4) is 0 Å². The van der Waals surface area contributed by atoms with E-state index < -0.39 is 0 Å². The fraction of sp³-hybridized carbons (Fsp3) is 0.875. The number of hydrogen-bond donors (Lipinski definition) is 4. The molecule has 0 saturated heterocycles. The highest BCUT2D eigenvalue weighted by Gasteiger charge is 2.29. The lowest BCUT2D eigenvalue weighted by molar-refractivity contribution is -0.123. The van der Waals surface area contributed by atoms with Gasteiger partial charge in [0.2, 0.25) is 11.8 Å². The molecule has 0 aromatic carbocycles. The first-order valence-electron chi connectivity index (χ1n) is 8.09. The average molecular weight is 316 g/mol. The molecule has 6 heteroatoms. The van der Waals surface area contributed by atoms with Crippen molar-refractivity contribution in [2.75, 3.05) is 20.3 Å². The zero-order chi connectivity index (χ0) is 17.8. The van der Waals surface area contributed by atoms with Crippen LogP contribution in [-0.4, -0.2) is 43.2 Å². The van der Waals surface area contributed by atoms with Crippen LogP contribution in [0.2, 0.25) is 0 Å². The van der Waals surface area contributed by atoms with Crippen molar-refractivity contribution in [2.45, 2.75) is 72.4 Å². The van der Waals surface area contributed by atoms with E-state index in [1.165, 1.54) is 0 Å². The fourth-order valence-corrected chi connectivity index (χ4v) is 2.25. The Balaban J connectivity index is 0. The molecule has 0 rings (SSSR count). The molecule has 0 aromatic heterocycles. The molecule has 22 heavy (non-hydrogen) atoms. The van der Waals surface area contributed by atoms with Crippen LogP contribution in [-0.2, 0) is 9.59 Å². The highest BCUT2D eigenvalue weighted by Crippen LogP contribution is 2.19. The zero-order valence-electron chi connectivity index (χ0n) is 15.6. The summed E-state index contributed by atoms with van der Waals surface area (Å²) >= 11 is 0. The topological polar surface area (TPSA) is 82.3 Å². The Morgan fingerprint density at radius 1 is 0.955 bits per heavy atom. The molecular formula is C16H36N4O2. The third-order valence-electron chi connectivity index (χ3n) is 2.87. The monoisotopic (exact) mass is 316 g/mol. The minimum absolute atomic E-state index is 0.0394. The molecule has 0 aliphatic heterocycles. The number of hydrogen-bond acceptors (Lipinski definition) is 4. The zero-order valence-corrected chi connectivity index (χ0v) is 15.6. The van der Waals surface area contributed by atoms with Gasteiger partial charge < -0.3 is 21.3 Å². The van der Waals surface area contributed by atoms with Gasteiger partial charge in [0.15, 0.2) is 0 Å². The van der Waals surface area contributed by atoms with Gasteiger partial charge in [0, 0.05) is 17.5 Å². The van der Waals surface area contributed by atoms with Crippen LogP contribution in [0.15, 0.2) is 0 Å². The van der Waals surface area contributed by atoms with E-state index in [1.54, 1.807) is 7.05 Å². The lowest BCUT2D eigenvalue weighted by atomic mass is 9.86. The minimum Gasteiger partial charge on any atom is -0.351 e. The SMILES string of the molecule is CC.CCC(=O)NC(C)(C)CC(C)(C)NCC(=O)NCNC. The molecule has 0 aliphatic rings. The summed E-state index contributed by atoms with van der Waals surface area (Å²) in [7, 11) is 1.77. The Morgan fingerprint density at radius 2 is 1.50 bits per heavy atom. The van der Waals surface area contributed by atoms with Gasteiger partial charge in [0.1, 0.15) is 0 Å². The molecule has 6 nitrogen and oxygen atoms in total. The molecule has 4 N–H and O–H groups in total. The van der Waals surface area contributed by atoms with Gasteiger partial charge in [-0.3, -0.25) is 9.59 Å². The molecule has 0 atom stereocenters. The van der Waals surface area contributed by atoms with E-state index in [9.17, 15) is 9.59 Å². The van der Waals surface area contributed by atoms with Crippen LogP contribution in [0.3, 0.4) is 0 Å². The lowest BCUT2D eigenvalue weighted by Crippen LogP contribution is -2.54. The van der Waals surface area contributed by atoms with Crippen molar-refractivity contribution in [1.82, 2.24) is 21.3 Å². The predicted octanol–water partition coefficient (Wildman–Crippen LogP) is 1.37. The summed E-state index contributed by atoms with van der Waals surface area (Å²) in [4.78, 5) is 23.0. The van der Waals surface area contributed by atoms with Gasteiger partial charge in [-0.2, -0.15) is 0 Å². The maximum atomic E-state index is 11.6. The molecule has 0 bridgehead atoms. The van der Waals surface area contributed by atoms with Crippen LogP contribution in [0.25, 0.3) is 0 Å². The quantitative estimate of drug-likeness (QED) is 0.484. The third kappa shape index (κ3) is 12.6. The number of rotatable bonds is 9. The summed E-state index contributed by atoms with van der Waals surface area (Å²) in [6, 6.07) is 0. The van der Waals surface area contributed by atoms with E-state index in [2.05, 4.69) is 21.3 Å². The van der Waals surface area contributed by atoms with Crippen molar-refractivity contribution in [3.05, 3.63) is 0 Å². The summed E-state index contributed by atoms with van der Waals surface area (Å²) in [5.74, 6) is -0.0135. The first kappa shape index (κ1) is 23.1. The van der Waals surface area contributed by atoms with E-state index in [-0.39, 0.29) is 29.4 Å². The summed E-state index contributed by atoms with van der Waals surface area (Å²) < 4.78 is 0.